The lowest BCUT2D eigenvalue weighted by Crippen LogP contribution is -2.34. The summed E-state index contributed by atoms with van der Waals surface area (Å²) in [5, 5.41) is 0. The number of imidazole rings is 1. The predicted octanol–water partition coefficient (Wildman–Crippen LogP) is 4.52. The summed E-state index contributed by atoms with van der Waals surface area (Å²) in [7, 11) is 2.11. The maximum atomic E-state index is 13.1. The minimum absolute atomic E-state index is 0.145. The van der Waals surface area contributed by atoms with Gasteiger partial charge >= 0.3 is 0 Å². The Balaban J connectivity index is 1.27. The zero-order valence-electron chi connectivity index (χ0n) is 15.4. The number of piperidine rings is 1. The van der Waals surface area contributed by atoms with Crippen molar-refractivity contribution >= 4 is 11.0 Å². The number of likely N-dealkylation sites (tertiary alicyclic amines) is 1. The molecule has 2 aromatic carbocycles. The molecule has 1 aliphatic rings. The first-order valence-corrected chi connectivity index (χ1v) is 9.59. The molecule has 1 fully saturated rings. The lowest BCUT2D eigenvalue weighted by atomic mass is 9.89. The van der Waals surface area contributed by atoms with Gasteiger partial charge in [0.25, 0.3) is 0 Å². The van der Waals surface area contributed by atoms with Crippen LogP contribution in [-0.4, -0.2) is 34.1 Å². The molecule has 0 bridgehead atoms. The Bertz CT molecular complexity index is 861. The minimum Gasteiger partial charge on any atom is -0.331 e. The summed E-state index contributed by atoms with van der Waals surface area (Å²) in [5.41, 5.74) is 3.58. The second kappa shape index (κ2) is 7.58. The second-order valence-electron chi connectivity index (χ2n) is 7.35. The van der Waals surface area contributed by atoms with Crippen LogP contribution < -0.4 is 0 Å². The first-order valence-electron chi connectivity index (χ1n) is 9.59. The van der Waals surface area contributed by atoms with Crippen LogP contribution in [0.5, 0.6) is 0 Å². The van der Waals surface area contributed by atoms with Gasteiger partial charge in [-0.05, 0) is 74.6 Å². The highest BCUT2D eigenvalue weighted by Crippen LogP contribution is 2.28. The van der Waals surface area contributed by atoms with E-state index >= 15 is 0 Å². The van der Waals surface area contributed by atoms with Gasteiger partial charge in [0.2, 0.25) is 0 Å². The zero-order valence-corrected chi connectivity index (χ0v) is 15.4. The molecule has 1 aromatic heterocycles. The number of halogens is 1. The molecule has 3 nitrogen and oxygen atoms in total. The molecule has 0 unspecified atom stereocenters. The van der Waals surface area contributed by atoms with Crippen LogP contribution in [0.4, 0.5) is 4.39 Å². The van der Waals surface area contributed by atoms with Crippen LogP contribution in [0.2, 0.25) is 0 Å². The molecule has 0 aliphatic carbocycles. The Labute approximate surface area is 154 Å². The number of nitrogens with zero attached hydrogens (tertiary/aromatic N) is 3. The van der Waals surface area contributed by atoms with E-state index in [0.717, 1.165) is 50.8 Å². The van der Waals surface area contributed by atoms with Gasteiger partial charge in [0, 0.05) is 13.5 Å². The Morgan fingerprint density at radius 3 is 2.50 bits per heavy atom. The lowest BCUT2D eigenvalue weighted by Gasteiger charge is -2.32. The highest BCUT2D eigenvalue weighted by atomic mass is 19.1. The second-order valence-corrected chi connectivity index (χ2v) is 7.35. The molecular weight excluding hydrogens is 325 g/mol. The van der Waals surface area contributed by atoms with Gasteiger partial charge in [0.1, 0.15) is 11.6 Å². The molecule has 136 valence electrons. The zero-order chi connectivity index (χ0) is 17.9. The molecule has 0 amide bonds. The number of aryl methyl sites for hydroxylation is 2. The van der Waals surface area contributed by atoms with Gasteiger partial charge in [-0.15, -0.1) is 0 Å². The standard InChI is InChI=1S/C22H26FN3/c1-25-21-6-3-2-5-20(21)24-22(25)7-4-14-26-15-12-18(13-16-26)17-8-10-19(23)11-9-17/h2-3,5-6,8-11,18H,4,7,12-16H2,1H3. The van der Waals surface area contributed by atoms with Crippen LogP contribution >= 0.6 is 0 Å². The molecule has 1 saturated heterocycles. The van der Waals surface area contributed by atoms with Crippen molar-refractivity contribution in [2.45, 2.75) is 31.6 Å². The van der Waals surface area contributed by atoms with Crippen molar-refractivity contribution in [2.24, 2.45) is 7.05 Å². The Morgan fingerprint density at radius 2 is 1.77 bits per heavy atom. The van der Waals surface area contributed by atoms with Crippen LogP contribution in [0.3, 0.4) is 0 Å². The summed E-state index contributed by atoms with van der Waals surface area (Å²) in [5.74, 6) is 1.60. The van der Waals surface area contributed by atoms with Crippen molar-refractivity contribution in [3.63, 3.8) is 0 Å². The van der Waals surface area contributed by atoms with E-state index in [2.05, 4.69) is 34.7 Å². The van der Waals surface area contributed by atoms with Crippen LogP contribution in [-0.2, 0) is 13.5 Å². The highest BCUT2D eigenvalue weighted by Gasteiger charge is 2.20. The first kappa shape index (κ1) is 17.2. The van der Waals surface area contributed by atoms with Gasteiger partial charge in [-0.25, -0.2) is 9.37 Å². The van der Waals surface area contributed by atoms with Crippen molar-refractivity contribution < 1.29 is 4.39 Å². The van der Waals surface area contributed by atoms with Gasteiger partial charge in [-0.1, -0.05) is 24.3 Å². The van der Waals surface area contributed by atoms with E-state index in [1.54, 1.807) is 12.1 Å². The molecule has 0 atom stereocenters. The molecule has 0 saturated carbocycles. The molecule has 0 radical (unpaired) electrons. The van der Waals surface area contributed by atoms with Gasteiger partial charge in [-0.2, -0.15) is 0 Å². The smallest absolute Gasteiger partial charge is 0.123 e. The number of aromatic nitrogens is 2. The van der Waals surface area contributed by atoms with Crippen molar-refractivity contribution in [1.29, 1.82) is 0 Å². The Hall–Kier alpha value is -2.20. The van der Waals surface area contributed by atoms with E-state index in [-0.39, 0.29) is 5.82 Å². The number of fused-ring (bicyclic) bond motifs is 1. The molecular formula is C22H26FN3. The molecule has 26 heavy (non-hydrogen) atoms. The minimum atomic E-state index is -0.145. The Kier molecular flexibility index (Phi) is 5.02. The molecule has 4 rings (SSSR count). The van der Waals surface area contributed by atoms with E-state index in [9.17, 15) is 4.39 Å². The van der Waals surface area contributed by atoms with E-state index in [4.69, 9.17) is 4.98 Å². The molecule has 1 aliphatic heterocycles. The van der Waals surface area contributed by atoms with Crippen LogP contribution in [0.15, 0.2) is 48.5 Å². The quantitative estimate of drug-likeness (QED) is 0.674. The summed E-state index contributed by atoms with van der Waals surface area (Å²) in [6, 6.07) is 15.4. The monoisotopic (exact) mass is 351 g/mol. The van der Waals surface area contributed by atoms with Crippen LogP contribution in [0.25, 0.3) is 11.0 Å². The summed E-state index contributed by atoms with van der Waals surface area (Å²) in [6.07, 6.45) is 4.48. The molecule has 0 N–H and O–H groups in total. The Morgan fingerprint density at radius 1 is 1.04 bits per heavy atom. The number of hydrogen-bond acceptors (Lipinski definition) is 2. The fourth-order valence-corrected chi connectivity index (χ4v) is 4.10. The fourth-order valence-electron chi connectivity index (χ4n) is 4.10. The summed E-state index contributed by atoms with van der Waals surface area (Å²) in [4.78, 5) is 7.33. The van der Waals surface area contributed by atoms with Gasteiger partial charge in [-0.3, -0.25) is 0 Å². The van der Waals surface area contributed by atoms with E-state index in [1.165, 1.54) is 16.9 Å². The SMILES string of the molecule is Cn1c(CCCN2CCC(c3ccc(F)cc3)CC2)nc2ccccc21. The third kappa shape index (κ3) is 3.65. The topological polar surface area (TPSA) is 21.1 Å². The largest absolute Gasteiger partial charge is 0.331 e. The lowest BCUT2D eigenvalue weighted by molar-refractivity contribution is 0.210. The average Bonchev–Trinajstić information content (AvgIpc) is 2.99. The molecule has 3 aromatic rings. The third-order valence-electron chi connectivity index (χ3n) is 5.68. The maximum absolute atomic E-state index is 13.1. The van der Waals surface area contributed by atoms with E-state index in [1.807, 2.05) is 18.2 Å². The van der Waals surface area contributed by atoms with Crippen LogP contribution in [0.1, 0.15) is 36.6 Å². The maximum Gasteiger partial charge on any atom is 0.123 e. The number of hydrogen-bond donors (Lipinski definition) is 0. The van der Waals surface area contributed by atoms with Gasteiger partial charge in [0.15, 0.2) is 0 Å². The highest BCUT2D eigenvalue weighted by molar-refractivity contribution is 5.75. The summed E-state index contributed by atoms with van der Waals surface area (Å²) >= 11 is 0. The first-order chi connectivity index (χ1) is 12.7. The summed E-state index contributed by atoms with van der Waals surface area (Å²) in [6.45, 7) is 3.38. The molecule has 2 heterocycles. The van der Waals surface area contributed by atoms with Crippen molar-refractivity contribution in [3.8, 4) is 0 Å². The van der Waals surface area contributed by atoms with Crippen LogP contribution in [0, 0.1) is 5.82 Å². The normalized spacial score (nSPS) is 16.4. The average molecular weight is 351 g/mol. The van der Waals surface area contributed by atoms with Crippen molar-refractivity contribution in [3.05, 3.63) is 65.7 Å². The van der Waals surface area contributed by atoms with Gasteiger partial charge in [0.05, 0.1) is 11.0 Å². The van der Waals surface area contributed by atoms with Crippen molar-refractivity contribution in [1.82, 2.24) is 14.5 Å². The van der Waals surface area contributed by atoms with E-state index < -0.39 is 0 Å². The van der Waals surface area contributed by atoms with E-state index in [0.29, 0.717) is 5.92 Å². The number of benzene rings is 2. The number of rotatable bonds is 5. The fraction of sp³-hybridized carbons (Fsp3) is 0.409. The molecule has 0 spiro atoms. The predicted molar refractivity (Wildman–Crippen MR) is 104 cm³/mol. The number of para-hydroxylation sites is 2. The van der Waals surface area contributed by atoms with Gasteiger partial charge < -0.3 is 9.47 Å². The molecule has 4 heteroatoms. The summed E-state index contributed by atoms with van der Waals surface area (Å²) < 4.78 is 15.3. The third-order valence-corrected chi connectivity index (χ3v) is 5.68. The van der Waals surface area contributed by atoms with Crippen molar-refractivity contribution in [2.75, 3.05) is 19.6 Å².